The van der Waals surface area contributed by atoms with Gasteiger partial charge in [0, 0.05) is 32.4 Å². The van der Waals surface area contributed by atoms with Crippen molar-refractivity contribution in [3.63, 3.8) is 0 Å². The first-order valence-electron chi connectivity index (χ1n) is 11.3. The summed E-state index contributed by atoms with van der Waals surface area (Å²) in [6, 6.07) is 8.10. The first kappa shape index (κ1) is 25.6. The lowest BCUT2D eigenvalue weighted by Crippen LogP contribution is -2.42. The summed E-state index contributed by atoms with van der Waals surface area (Å²) < 4.78 is 49.5. The normalized spacial score (nSPS) is 20.2. The van der Waals surface area contributed by atoms with Crippen LogP contribution in [0.3, 0.4) is 0 Å². The first-order chi connectivity index (χ1) is 15.6. The van der Waals surface area contributed by atoms with E-state index in [1.54, 1.807) is 29.8 Å². The number of aryl methyl sites for hydroxylation is 2. The molecule has 3 rings (SSSR count). The number of hydrogen-bond acceptors (Lipinski definition) is 4. The molecule has 7 nitrogen and oxygen atoms in total. The molecule has 1 saturated carbocycles. The SMILES string of the molecule is Cc1cc(C)c(=O)n([C@@H](CNS(=O)(=O)N(C)C)COC2CCC(c3cccc(F)c3)CC2)c1. The second-order valence-electron chi connectivity index (χ2n) is 9.06. The first-order valence-corrected chi connectivity index (χ1v) is 12.7. The van der Waals surface area contributed by atoms with Crippen LogP contribution < -0.4 is 10.3 Å². The summed E-state index contributed by atoms with van der Waals surface area (Å²) in [6.07, 6.45) is 5.22. The number of benzene rings is 1. The zero-order valence-corrected chi connectivity index (χ0v) is 20.6. The second-order valence-corrected chi connectivity index (χ2v) is 11.0. The molecule has 1 aliphatic carbocycles. The summed E-state index contributed by atoms with van der Waals surface area (Å²) in [4.78, 5) is 12.8. The number of nitrogens with one attached hydrogen (secondary N) is 1. The fourth-order valence-corrected chi connectivity index (χ4v) is 4.99. The quantitative estimate of drug-likeness (QED) is 0.599. The molecule has 0 unspecified atom stereocenters. The lowest BCUT2D eigenvalue weighted by Gasteiger charge is -2.31. The lowest BCUT2D eigenvalue weighted by atomic mass is 9.83. The number of halogens is 1. The van der Waals surface area contributed by atoms with Crippen LogP contribution in [-0.4, -0.2) is 50.6 Å². The Hall–Kier alpha value is -2.07. The van der Waals surface area contributed by atoms with Crippen molar-refractivity contribution in [1.29, 1.82) is 0 Å². The van der Waals surface area contributed by atoms with E-state index in [-0.39, 0.29) is 30.6 Å². The van der Waals surface area contributed by atoms with E-state index in [0.717, 1.165) is 41.1 Å². The molecule has 1 aliphatic rings. The van der Waals surface area contributed by atoms with Crippen LogP contribution in [0.2, 0.25) is 0 Å². The number of pyridine rings is 1. The van der Waals surface area contributed by atoms with Crippen LogP contribution in [0.15, 0.2) is 41.3 Å². The maximum Gasteiger partial charge on any atom is 0.279 e. The Morgan fingerprint density at radius 2 is 1.88 bits per heavy atom. The summed E-state index contributed by atoms with van der Waals surface area (Å²) in [5.74, 6) is 0.0954. The van der Waals surface area contributed by atoms with Gasteiger partial charge in [-0.1, -0.05) is 12.1 Å². The maximum absolute atomic E-state index is 13.6. The third-order valence-corrected chi connectivity index (χ3v) is 7.75. The van der Waals surface area contributed by atoms with Gasteiger partial charge in [-0.25, -0.2) is 4.39 Å². The van der Waals surface area contributed by atoms with Crippen molar-refractivity contribution >= 4 is 10.2 Å². The largest absolute Gasteiger partial charge is 0.376 e. The van der Waals surface area contributed by atoms with Crippen molar-refractivity contribution < 1.29 is 17.5 Å². The van der Waals surface area contributed by atoms with Crippen LogP contribution in [-0.2, 0) is 14.9 Å². The van der Waals surface area contributed by atoms with Gasteiger partial charge in [-0.15, -0.1) is 0 Å². The minimum Gasteiger partial charge on any atom is -0.376 e. The van der Waals surface area contributed by atoms with Gasteiger partial charge in [0.15, 0.2) is 0 Å². The Balaban J connectivity index is 1.67. The smallest absolute Gasteiger partial charge is 0.279 e. The standard InChI is InChI=1S/C24H34FN3O4S/c1-17-12-18(2)24(29)28(15-17)22(14-26-33(30,31)27(3)4)16-32-23-10-8-19(9-11-23)20-6-5-7-21(25)13-20/h5-7,12-13,15,19,22-23,26H,8-11,14,16H2,1-4H3/t19?,22-,23?/m0/s1. The molecule has 33 heavy (non-hydrogen) atoms. The second kappa shape index (κ2) is 10.9. The van der Waals surface area contributed by atoms with Crippen molar-refractivity contribution in [3.05, 3.63) is 69.4 Å². The van der Waals surface area contributed by atoms with Gasteiger partial charge in [-0.2, -0.15) is 17.4 Å². The molecule has 1 atom stereocenters. The van der Waals surface area contributed by atoms with Crippen molar-refractivity contribution in [1.82, 2.24) is 13.6 Å². The highest BCUT2D eigenvalue weighted by atomic mass is 32.2. The molecular weight excluding hydrogens is 445 g/mol. The molecule has 0 aliphatic heterocycles. The Morgan fingerprint density at radius 3 is 2.52 bits per heavy atom. The van der Waals surface area contributed by atoms with Crippen LogP contribution >= 0.6 is 0 Å². The van der Waals surface area contributed by atoms with Crippen LogP contribution in [0.4, 0.5) is 4.39 Å². The summed E-state index contributed by atoms with van der Waals surface area (Å²) in [6.45, 7) is 3.91. The van der Waals surface area contributed by atoms with Gasteiger partial charge in [-0.05, 0) is 74.8 Å². The fourth-order valence-electron chi connectivity index (χ4n) is 4.33. The van der Waals surface area contributed by atoms with E-state index in [1.165, 1.54) is 20.2 Å². The van der Waals surface area contributed by atoms with Crippen LogP contribution in [0, 0.1) is 19.7 Å². The zero-order chi connectivity index (χ0) is 24.2. The summed E-state index contributed by atoms with van der Waals surface area (Å²) in [5, 5.41) is 0. The predicted octanol–water partition coefficient (Wildman–Crippen LogP) is 3.28. The summed E-state index contributed by atoms with van der Waals surface area (Å²) in [5.41, 5.74) is 2.38. The Bertz CT molecular complexity index is 1110. The molecule has 1 fully saturated rings. The van der Waals surface area contributed by atoms with Gasteiger partial charge in [0.05, 0.1) is 18.8 Å². The number of nitrogens with zero attached hydrogens (tertiary/aromatic N) is 2. The average molecular weight is 480 g/mol. The number of rotatable bonds is 9. The molecule has 0 saturated heterocycles. The third-order valence-electron chi connectivity index (χ3n) is 6.25. The zero-order valence-electron chi connectivity index (χ0n) is 19.8. The number of aromatic nitrogens is 1. The highest BCUT2D eigenvalue weighted by Crippen LogP contribution is 2.34. The summed E-state index contributed by atoms with van der Waals surface area (Å²) >= 11 is 0. The number of hydrogen-bond donors (Lipinski definition) is 1. The van der Waals surface area contributed by atoms with E-state index < -0.39 is 16.3 Å². The summed E-state index contributed by atoms with van der Waals surface area (Å²) in [7, 11) is -0.733. The minimum atomic E-state index is -3.64. The molecule has 1 heterocycles. The highest BCUT2D eigenvalue weighted by Gasteiger charge is 2.25. The van der Waals surface area contributed by atoms with Crippen molar-refractivity contribution in [3.8, 4) is 0 Å². The van der Waals surface area contributed by atoms with Crippen LogP contribution in [0.1, 0.15) is 54.3 Å². The van der Waals surface area contributed by atoms with Gasteiger partial charge in [0.25, 0.3) is 15.8 Å². The van der Waals surface area contributed by atoms with Crippen molar-refractivity contribution in [2.24, 2.45) is 0 Å². The number of ether oxygens (including phenoxy) is 1. The van der Waals surface area contributed by atoms with Crippen LogP contribution in [0.25, 0.3) is 0 Å². The predicted molar refractivity (Wildman–Crippen MR) is 127 cm³/mol. The topological polar surface area (TPSA) is 80.6 Å². The molecule has 0 spiro atoms. The van der Waals surface area contributed by atoms with Gasteiger partial charge >= 0.3 is 0 Å². The van der Waals surface area contributed by atoms with E-state index in [2.05, 4.69) is 4.72 Å². The average Bonchev–Trinajstić information content (AvgIpc) is 2.77. The van der Waals surface area contributed by atoms with Gasteiger partial charge in [0.2, 0.25) is 0 Å². The van der Waals surface area contributed by atoms with E-state index in [0.29, 0.717) is 11.5 Å². The van der Waals surface area contributed by atoms with Crippen molar-refractivity contribution in [2.45, 2.75) is 57.6 Å². The Kier molecular flexibility index (Phi) is 8.44. The molecule has 0 bridgehead atoms. The lowest BCUT2D eigenvalue weighted by molar-refractivity contribution is 0.00727. The van der Waals surface area contributed by atoms with Crippen LogP contribution in [0.5, 0.6) is 0 Å². The molecule has 1 N–H and O–H groups in total. The minimum absolute atomic E-state index is 0.0179. The molecule has 0 radical (unpaired) electrons. The van der Waals surface area contributed by atoms with Gasteiger partial charge in [-0.3, -0.25) is 4.79 Å². The fraction of sp³-hybridized carbons (Fsp3) is 0.542. The van der Waals surface area contributed by atoms with E-state index >= 15 is 0 Å². The maximum atomic E-state index is 13.6. The van der Waals surface area contributed by atoms with E-state index in [9.17, 15) is 17.6 Å². The molecule has 182 valence electrons. The van der Waals surface area contributed by atoms with Crippen molar-refractivity contribution in [2.75, 3.05) is 27.2 Å². The monoisotopic (exact) mass is 479 g/mol. The molecule has 9 heteroatoms. The molecule has 1 aromatic heterocycles. The Morgan fingerprint density at radius 1 is 1.18 bits per heavy atom. The van der Waals surface area contributed by atoms with E-state index in [4.69, 9.17) is 4.74 Å². The highest BCUT2D eigenvalue weighted by molar-refractivity contribution is 7.87. The molecular formula is C24H34FN3O4S. The molecule has 0 amide bonds. The molecule has 1 aromatic carbocycles. The van der Waals surface area contributed by atoms with Gasteiger partial charge in [0.1, 0.15) is 5.82 Å². The third kappa shape index (κ3) is 6.72. The Labute approximate surface area is 195 Å². The van der Waals surface area contributed by atoms with Gasteiger partial charge < -0.3 is 9.30 Å². The molecule has 2 aromatic rings. The van der Waals surface area contributed by atoms with E-state index in [1.807, 2.05) is 19.1 Å².